The number of nitrogen functional groups attached to an aromatic ring is 1. The standard InChI is InChI=1S/C19H16FN7/c20-13-3-7-16(8-4-13)27-19(23)17(11-22)18(26-27)2-1-9-24-15-6-5-14(10-21)25-12-15/h3-8,12,24H,1-2,9,23H2. The number of nitriles is 2. The molecule has 0 bridgehead atoms. The zero-order valence-corrected chi connectivity index (χ0v) is 14.4. The second-order valence-electron chi connectivity index (χ2n) is 5.78. The molecule has 0 unspecified atom stereocenters. The summed E-state index contributed by atoms with van der Waals surface area (Å²) in [5.41, 5.74) is 8.74. The highest BCUT2D eigenvalue weighted by atomic mass is 19.1. The van der Waals surface area contributed by atoms with Crippen LogP contribution in [0.5, 0.6) is 0 Å². The van der Waals surface area contributed by atoms with Crippen molar-refractivity contribution < 1.29 is 4.39 Å². The number of aromatic nitrogens is 3. The summed E-state index contributed by atoms with van der Waals surface area (Å²) >= 11 is 0. The van der Waals surface area contributed by atoms with Crippen LogP contribution in [0.15, 0.2) is 42.6 Å². The molecule has 27 heavy (non-hydrogen) atoms. The minimum Gasteiger partial charge on any atom is -0.384 e. The Morgan fingerprint density at radius 2 is 1.89 bits per heavy atom. The lowest BCUT2D eigenvalue weighted by atomic mass is 10.1. The van der Waals surface area contributed by atoms with Crippen LogP contribution in [0.25, 0.3) is 5.69 Å². The number of benzene rings is 1. The van der Waals surface area contributed by atoms with Crippen LogP contribution < -0.4 is 11.1 Å². The molecule has 0 fully saturated rings. The van der Waals surface area contributed by atoms with Gasteiger partial charge in [0.1, 0.15) is 35.0 Å². The first kappa shape index (κ1) is 17.9. The van der Waals surface area contributed by atoms with Gasteiger partial charge in [-0.1, -0.05) is 0 Å². The van der Waals surface area contributed by atoms with Crippen LogP contribution in [0.4, 0.5) is 15.9 Å². The van der Waals surface area contributed by atoms with E-state index in [2.05, 4.69) is 21.5 Å². The van der Waals surface area contributed by atoms with Gasteiger partial charge in [0.2, 0.25) is 0 Å². The Kier molecular flexibility index (Phi) is 5.29. The van der Waals surface area contributed by atoms with Crippen molar-refractivity contribution in [2.75, 3.05) is 17.6 Å². The van der Waals surface area contributed by atoms with Gasteiger partial charge in [0.05, 0.1) is 23.3 Å². The van der Waals surface area contributed by atoms with E-state index in [0.717, 1.165) is 5.69 Å². The fourth-order valence-corrected chi connectivity index (χ4v) is 2.61. The number of aryl methyl sites for hydroxylation is 1. The van der Waals surface area contributed by atoms with E-state index in [1.807, 2.05) is 6.07 Å². The minimum absolute atomic E-state index is 0.239. The molecule has 134 valence electrons. The summed E-state index contributed by atoms with van der Waals surface area (Å²) in [6.45, 7) is 0.641. The molecule has 3 N–H and O–H groups in total. The normalized spacial score (nSPS) is 10.2. The van der Waals surface area contributed by atoms with E-state index >= 15 is 0 Å². The largest absolute Gasteiger partial charge is 0.384 e. The average molecular weight is 361 g/mol. The van der Waals surface area contributed by atoms with Crippen molar-refractivity contribution in [1.82, 2.24) is 14.8 Å². The molecule has 7 nitrogen and oxygen atoms in total. The number of halogens is 1. The average Bonchev–Trinajstić information content (AvgIpc) is 3.01. The molecule has 2 heterocycles. The van der Waals surface area contributed by atoms with Crippen LogP contribution in [-0.2, 0) is 6.42 Å². The molecule has 0 aliphatic heterocycles. The predicted octanol–water partition coefficient (Wildman–Crippen LogP) is 2.78. The Balaban J connectivity index is 1.66. The zero-order valence-electron chi connectivity index (χ0n) is 14.4. The molecule has 3 rings (SSSR count). The number of anilines is 2. The van der Waals surface area contributed by atoms with Crippen LogP contribution in [0, 0.1) is 28.5 Å². The summed E-state index contributed by atoms with van der Waals surface area (Å²) in [6, 6.07) is 13.2. The van der Waals surface area contributed by atoms with Crippen LogP contribution in [0.3, 0.4) is 0 Å². The number of nitrogens with two attached hydrogens (primary N) is 1. The summed E-state index contributed by atoms with van der Waals surface area (Å²) in [6.07, 6.45) is 2.87. The zero-order chi connectivity index (χ0) is 19.2. The summed E-state index contributed by atoms with van der Waals surface area (Å²) in [4.78, 5) is 3.99. The highest BCUT2D eigenvalue weighted by molar-refractivity contribution is 5.56. The summed E-state index contributed by atoms with van der Waals surface area (Å²) < 4.78 is 14.6. The maximum absolute atomic E-state index is 13.1. The first-order valence-corrected chi connectivity index (χ1v) is 8.26. The highest BCUT2D eigenvalue weighted by Gasteiger charge is 2.16. The van der Waals surface area contributed by atoms with E-state index in [1.165, 1.54) is 16.8 Å². The molecule has 0 saturated carbocycles. The maximum atomic E-state index is 13.1. The summed E-state index contributed by atoms with van der Waals surface area (Å²) in [5.74, 6) is -0.114. The molecule has 0 spiro atoms. The van der Waals surface area contributed by atoms with Gasteiger partial charge in [0, 0.05) is 6.54 Å². The minimum atomic E-state index is -0.353. The third-order valence-corrected chi connectivity index (χ3v) is 3.97. The maximum Gasteiger partial charge on any atom is 0.145 e. The topological polar surface area (TPSA) is 116 Å². The Bertz CT molecular complexity index is 1010. The van der Waals surface area contributed by atoms with Gasteiger partial charge >= 0.3 is 0 Å². The molecule has 8 heteroatoms. The van der Waals surface area contributed by atoms with Crippen molar-refractivity contribution in [2.24, 2.45) is 0 Å². The SMILES string of the molecule is N#Cc1ccc(NCCCc2nn(-c3ccc(F)cc3)c(N)c2C#N)cn1. The molecule has 2 aromatic heterocycles. The van der Waals surface area contributed by atoms with Crippen LogP contribution >= 0.6 is 0 Å². The van der Waals surface area contributed by atoms with Crippen molar-refractivity contribution in [3.8, 4) is 17.8 Å². The molecule has 0 saturated heterocycles. The summed E-state index contributed by atoms with van der Waals surface area (Å²) in [5, 5.41) is 25.8. The van der Waals surface area contributed by atoms with Gasteiger partial charge < -0.3 is 11.1 Å². The van der Waals surface area contributed by atoms with Crippen molar-refractivity contribution in [1.29, 1.82) is 10.5 Å². The number of hydrogen-bond donors (Lipinski definition) is 2. The van der Waals surface area contributed by atoms with E-state index in [4.69, 9.17) is 11.0 Å². The Morgan fingerprint density at radius 1 is 1.11 bits per heavy atom. The van der Waals surface area contributed by atoms with Gasteiger partial charge in [0.25, 0.3) is 0 Å². The Labute approximate surface area is 155 Å². The van der Waals surface area contributed by atoms with Crippen molar-refractivity contribution in [3.63, 3.8) is 0 Å². The van der Waals surface area contributed by atoms with Gasteiger partial charge in [-0.25, -0.2) is 14.1 Å². The van der Waals surface area contributed by atoms with Crippen molar-refractivity contribution in [2.45, 2.75) is 12.8 Å². The molecule has 3 aromatic rings. The van der Waals surface area contributed by atoms with E-state index in [1.54, 1.807) is 30.5 Å². The monoisotopic (exact) mass is 361 g/mol. The molecule has 0 aliphatic rings. The van der Waals surface area contributed by atoms with Gasteiger partial charge in [-0.05, 0) is 49.2 Å². The number of pyridine rings is 1. The smallest absolute Gasteiger partial charge is 0.145 e. The molecule has 0 amide bonds. The van der Waals surface area contributed by atoms with E-state index < -0.39 is 0 Å². The lowest BCUT2D eigenvalue weighted by molar-refractivity contribution is 0.627. The van der Waals surface area contributed by atoms with E-state index in [9.17, 15) is 9.65 Å². The molecule has 0 aliphatic carbocycles. The molecule has 1 aromatic carbocycles. The third kappa shape index (κ3) is 4.02. The van der Waals surface area contributed by atoms with Gasteiger partial charge in [-0.15, -0.1) is 0 Å². The Hall–Kier alpha value is -3.91. The van der Waals surface area contributed by atoms with Crippen LogP contribution in [0.2, 0.25) is 0 Å². The molecular weight excluding hydrogens is 345 g/mol. The number of nitrogens with zero attached hydrogens (tertiary/aromatic N) is 5. The first-order chi connectivity index (χ1) is 13.1. The fraction of sp³-hybridized carbons (Fsp3) is 0.158. The van der Waals surface area contributed by atoms with Crippen molar-refractivity contribution >= 4 is 11.5 Å². The lowest BCUT2D eigenvalue weighted by Gasteiger charge is -2.05. The molecule has 0 radical (unpaired) electrons. The van der Waals surface area contributed by atoms with E-state index in [-0.39, 0.29) is 11.6 Å². The van der Waals surface area contributed by atoms with Crippen LogP contribution in [-0.4, -0.2) is 21.3 Å². The number of hydrogen-bond acceptors (Lipinski definition) is 6. The number of rotatable bonds is 6. The Morgan fingerprint density at radius 3 is 2.52 bits per heavy atom. The van der Waals surface area contributed by atoms with Crippen LogP contribution in [0.1, 0.15) is 23.4 Å². The number of nitrogens with one attached hydrogen (secondary N) is 1. The van der Waals surface area contributed by atoms with Gasteiger partial charge in [0.15, 0.2) is 0 Å². The second kappa shape index (κ2) is 7.98. The predicted molar refractivity (Wildman–Crippen MR) is 98.4 cm³/mol. The molecule has 0 atom stereocenters. The molecular formula is C19H16FN7. The third-order valence-electron chi connectivity index (χ3n) is 3.97. The fourth-order valence-electron chi connectivity index (χ4n) is 2.61. The van der Waals surface area contributed by atoms with E-state index in [0.29, 0.717) is 42.0 Å². The summed E-state index contributed by atoms with van der Waals surface area (Å²) in [7, 11) is 0. The quantitative estimate of drug-likeness (QED) is 0.652. The van der Waals surface area contributed by atoms with Gasteiger partial charge in [-0.3, -0.25) is 0 Å². The first-order valence-electron chi connectivity index (χ1n) is 8.26. The lowest BCUT2D eigenvalue weighted by Crippen LogP contribution is -2.04. The highest BCUT2D eigenvalue weighted by Crippen LogP contribution is 2.21. The second-order valence-corrected chi connectivity index (χ2v) is 5.78. The van der Waals surface area contributed by atoms with Crippen molar-refractivity contribution in [3.05, 3.63) is 65.4 Å². The van der Waals surface area contributed by atoms with Gasteiger partial charge in [-0.2, -0.15) is 15.6 Å².